The van der Waals surface area contributed by atoms with E-state index < -0.39 is 62.4 Å². The van der Waals surface area contributed by atoms with Crippen LogP contribution in [0, 0.1) is 0 Å². The number of rotatable bonds is 2. The Kier molecular flexibility index (Phi) is 6.36. The number of fused-ring (bicyclic) bond motifs is 6. The Balaban J connectivity index is 2.04. The van der Waals surface area contributed by atoms with Gasteiger partial charge in [-0.1, -0.05) is 12.1 Å². The first kappa shape index (κ1) is 28.1. The smallest absolute Gasteiger partial charge is 0.378 e. The van der Waals surface area contributed by atoms with Crippen molar-refractivity contribution in [2.45, 2.75) is 23.8 Å². The first-order chi connectivity index (χ1) is 18.4. The number of aromatic nitrogens is 1. The quantitative estimate of drug-likeness (QED) is 0.102. The minimum atomic E-state index is -5.52. The average Bonchev–Trinajstić information content (AvgIpc) is 2.83. The Hall–Kier alpha value is -3.42. The zero-order valence-electron chi connectivity index (χ0n) is 20.8. The van der Waals surface area contributed by atoms with Crippen molar-refractivity contribution >= 4 is 61.5 Å². The van der Waals surface area contributed by atoms with E-state index in [9.17, 15) is 44.3 Å². The molecule has 14 heteroatoms. The van der Waals surface area contributed by atoms with E-state index in [0.29, 0.717) is 23.5 Å². The number of Topliss-reactive ketones (excluding diaryl/α,β-unsaturated/α-hetero) is 1. The van der Waals surface area contributed by atoms with Crippen LogP contribution in [0.25, 0.3) is 32.6 Å². The summed E-state index contributed by atoms with van der Waals surface area (Å²) >= 11 is 0.490. The minimum Gasteiger partial charge on any atom is -0.378 e. The molecule has 4 aromatic rings. The van der Waals surface area contributed by atoms with Gasteiger partial charge in [0, 0.05) is 53.9 Å². The molecule has 0 fully saturated rings. The molecule has 3 aromatic carbocycles. The zero-order valence-corrected chi connectivity index (χ0v) is 21.6. The summed E-state index contributed by atoms with van der Waals surface area (Å²) in [5.74, 6) is -2.77. The Morgan fingerprint density at radius 3 is 2.20 bits per heavy atom. The summed E-state index contributed by atoms with van der Waals surface area (Å²) in [6.45, 7) is 0. The fraction of sp³-hybridized carbons (Fsp3) is 0.308. The van der Waals surface area contributed by atoms with Gasteiger partial charge in [-0.05, 0) is 29.8 Å². The van der Waals surface area contributed by atoms with E-state index in [1.165, 1.54) is 35.0 Å². The number of halogens is 9. The fourth-order valence-electron chi connectivity index (χ4n) is 5.06. The van der Waals surface area contributed by atoms with Gasteiger partial charge in [-0.15, -0.1) is 11.8 Å². The van der Waals surface area contributed by atoms with E-state index in [0.717, 1.165) is 12.1 Å². The monoisotopic (exact) mass is 591 g/mol. The second-order valence-corrected chi connectivity index (χ2v) is 10.6. The van der Waals surface area contributed by atoms with Crippen LogP contribution in [-0.4, -0.2) is 50.1 Å². The standard InChI is InChI=1S/C26H18F9N3OS/c1-37(2)11-4-7-17-14(8-11)19(24(27,28)29)16-9-15(22(39)25(30,31)32)18-12(20(16)36-17)5-6-13-21(18)38(3)10-40-23(13)26(33,34)35/h4-9,23H,10H2,1-3H3. The van der Waals surface area contributed by atoms with Gasteiger partial charge in [0.05, 0.1) is 28.2 Å². The van der Waals surface area contributed by atoms with Crippen LogP contribution in [0.15, 0.2) is 36.4 Å². The second-order valence-electron chi connectivity index (χ2n) is 9.57. The van der Waals surface area contributed by atoms with Gasteiger partial charge in [0.1, 0.15) is 5.25 Å². The lowest BCUT2D eigenvalue weighted by molar-refractivity contribution is -0.135. The molecule has 4 nitrogen and oxygen atoms in total. The van der Waals surface area contributed by atoms with Gasteiger partial charge >= 0.3 is 18.5 Å². The molecule has 0 radical (unpaired) electrons. The molecule has 1 unspecified atom stereocenters. The SMILES string of the molecule is CN(C)c1ccc2nc3c(cc(C(=O)C(F)(F)F)c4c5c(ccc43)C(C(F)(F)F)SCN5C)c(C(F)(F)F)c2c1. The number of carbonyl (C=O) groups is 1. The number of pyridine rings is 1. The van der Waals surface area contributed by atoms with E-state index in [2.05, 4.69) is 4.98 Å². The van der Waals surface area contributed by atoms with Crippen molar-refractivity contribution in [1.29, 1.82) is 0 Å². The van der Waals surface area contributed by atoms with Crippen molar-refractivity contribution in [3.8, 4) is 0 Å². The van der Waals surface area contributed by atoms with Crippen LogP contribution < -0.4 is 9.80 Å². The van der Waals surface area contributed by atoms with Gasteiger partial charge in [-0.2, -0.15) is 39.5 Å². The summed E-state index contributed by atoms with van der Waals surface area (Å²) in [4.78, 5) is 19.8. The summed E-state index contributed by atoms with van der Waals surface area (Å²) in [5.41, 5.74) is -3.35. The molecule has 0 amide bonds. The van der Waals surface area contributed by atoms with Gasteiger partial charge < -0.3 is 9.80 Å². The third-order valence-electron chi connectivity index (χ3n) is 6.73. The lowest BCUT2D eigenvalue weighted by Crippen LogP contribution is -2.31. The average molecular weight is 591 g/mol. The molecule has 1 atom stereocenters. The topological polar surface area (TPSA) is 36.4 Å². The van der Waals surface area contributed by atoms with Crippen molar-refractivity contribution in [3.05, 3.63) is 53.1 Å². The van der Waals surface area contributed by atoms with E-state index >= 15 is 0 Å². The zero-order chi connectivity index (χ0) is 29.5. The maximum Gasteiger partial charge on any atom is 0.454 e. The number of nitrogens with zero attached hydrogens (tertiary/aromatic N) is 3. The molecule has 1 aliphatic heterocycles. The van der Waals surface area contributed by atoms with Crippen molar-refractivity contribution in [1.82, 2.24) is 4.98 Å². The predicted octanol–water partition coefficient (Wildman–Crippen LogP) is 8.11. The van der Waals surface area contributed by atoms with E-state index in [1.807, 2.05) is 0 Å². The van der Waals surface area contributed by atoms with Crippen LogP contribution in [0.2, 0.25) is 0 Å². The number of ketones is 1. The number of hydrogen-bond donors (Lipinski definition) is 0. The number of carbonyl (C=O) groups excluding carboxylic acids is 1. The Bertz CT molecular complexity index is 1690. The van der Waals surface area contributed by atoms with Crippen molar-refractivity contribution in [3.63, 3.8) is 0 Å². The van der Waals surface area contributed by atoms with Crippen LogP contribution in [-0.2, 0) is 6.18 Å². The molecule has 212 valence electrons. The molecule has 0 saturated heterocycles. The van der Waals surface area contributed by atoms with Crippen LogP contribution in [0.5, 0.6) is 0 Å². The number of thioether (sulfide) groups is 1. The number of benzene rings is 3. The molecule has 1 aliphatic rings. The Morgan fingerprint density at radius 1 is 0.950 bits per heavy atom. The van der Waals surface area contributed by atoms with E-state index in [1.54, 1.807) is 14.1 Å². The number of hydrogen-bond acceptors (Lipinski definition) is 5. The van der Waals surface area contributed by atoms with Crippen molar-refractivity contribution in [2.75, 3.05) is 36.8 Å². The second kappa shape index (κ2) is 9.05. The van der Waals surface area contributed by atoms with Gasteiger partial charge in [0.15, 0.2) is 0 Å². The molecule has 0 bridgehead atoms. The highest BCUT2D eigenvalue weighted by molar-refractivity contribution is 7.99. The molecule has 0 aliphatic carbocycles. The normalized spacial score (nSPS) is 16.6. The first-order valence-electron chi connectivity index (χ1n) is 11.5. The third-order valence-corrected chi connectivity index (χ3v) is 8.12. The van der Waals surface area contributed by atoms with Crippen LogP contribution >= 0.6 is 11.8 Å². The lowest BCUT2D eigenvalue weighted by atomic mass is 9.90. The molecule has 40 heavy (non-hydrogen) atoms. The predicted molar refractivity (Wildman–Crippen MR) is 136 cm³/mol. The van der Waals surface area contributed by atoms with E-state index in [-0.39, 0.29) is 28.0 Å². The lowest BCUT2D eigenvalue weighted by Gasteiger charge is -2.35. The maximum absolute atomic E-state index is 14.6. The highest BCUT2D eigenvalue weighted by Gasteiger charge is 2.47. The highest BCUT2D eigenvalue weighted by Crippen LogP contribution is 2.53. The molecular formula is C26H18F9N3OS. The summed E-state index contributed by atoms with van der Waals surface area (Å²) in [6, 6.07) is 6.51. The summed E-state index contributed by atoms with van der Waals surface area (Å²) in [7, 11) is 4.51. The molecule has 0 N–H and O–H groups in total. The van der Waals surface area contributed by atoms with Crippen molar-refractivity contribution < 1.29 is 44.3 Å². The first-order valence-corrected chi connectivity index (χ1v) is 12.6. The number of alkyl halides is 9. The Morgan fingerprint density at radius 2 is 1.62 bits per heavy atom. The van der Waals surface area contributed by atoms with Gasteiger partial charge in [0.25, 0.3) is 5.78 Å². The highest BCUT2D eigenvalue weighted by atomic mass is 32.2. The van der Waals surface area contributed by atoms with E-state index in [4.69, 9.17) is 0 Å². The Labute approximate surface area is 224 Å². The molecule has 5 rings (SSSR count). The summed E-state index contributed by atoms with van der Waals surface area (Å²) in [6.07, 6.45) is -15.4. The van der Waals surface area contributed by atoms with Crippen LogP contribution in [0.4, 0.5) is 50.9 Å². The van der Waals surface area contributed by atoms with Crippen LogP contribution in [0.1, 0.15) is 26.7 Å². The summed E-state index contributed by atoms with van der Waals surface area (Å²) in [5, 5.41) is -4.12. The fourth-order valence-corrected chi connectivity index (χ4v) is 6.12. The van der Waals surface area contributed by atoms with Gasteiger partial charge in [-0.25, -0.2) is 4.98 Å². The third kappa shape index (κ3) is 4.45. The molecular weight excluding hydrogens is 573 g/mol. The van der Waals surface area contributed by atoms with Crippen molar-refractivity contribution in [2.24, 2.45) is 0 Å². The molecule has 0 saturated carbocycles. The molecule has 0 spiro atoms. The summed E-state index contributed by atoms with van der Waals surface area (Å²) < 4.78 is 127. The largest absolute Gasteiger partial charge is 0.454 e. The molecule has 1 aromatic heterocycles. The van der Waals surface area contributed by atoms with Gasteiger partial charge in [0.2, 0.25) is 0 Å². The maximum atomic E-state index is 14.6. The van der Waals surface area contributed by atoms with Gasteiger partial charge in [-0.3, -0.25) is 4.79 Å². The number of anilines is 2. The minimum absolute atomic E-state index is 0.128. The molecule has 2 heterocycles. The van der Waals surface area contributed by atoms with Crippen LogP contribution in [0.3, 0.4) is 0 Å².